The van der Waals surface area contributed by atoms with Crippen LogP contribution in [0.3, 0.4) is 0 Å². The van der Waals surface area contributed by atoms with E-state index in [1.807, 2.05) is 66.9 Å². The van der Waals surface area contributed by atoms with E-state index in [0.717, 1.165) is 28.2 Å². The molecule has 0 saturated carbocycles. The summed E-state index contributed by atoms with van der Waals surface area (Å²) in [6, 6.07) is 48.6. The van der Waals surface area contributed by atoms with Crippen LogP contribution < -0.4 is 0 Å². The van der Waals surface area contributed by atoms with Crippen LogP contribution in [-0.2, 0) is 20.1 Å². The van der Waals surface area contributed by atoms with Gasteiger partial charge in [-0.15, -0.1) is 35.9 Å². The van der Waals surface area contributed by atoms with Crippen LogP contribution in [-0.4, -0.2) is 14.5 Å². The molecule has 0 aliphatic heterocycles. The molecule has 0 atom stereocenters. The van der Waals surface area contributed by atoms with Crippen molar-refractivity contribution >= 4 is 21.8 Å². The number of hydrogen-bond donors (Lipinski definition) is 0. The molecule has 3 nitrogen and oxygen atoms in total. The van der Waals surface area contributed by atoms with E-state index < -0.39 is 0 Å². The summed E-state index contributed by atoms with van der Waals surface area (Å²) in [4.78, 5) is 8.70. The molecule has 0 amide bonds. The van der Waals surface area contributed by atoms with E-state index in [2.05, 4.69) is 93.4 Å². The molecule has 0 bridgehead atoms. The molecule has 7 aromatic rings. The van der Waals surface area contributed by atoms with Gasteiger partial charge in [0.25, 0.3) is 0 Å². The van der Waals surface area contributed by atoms with Crippen molar-refractivity contribution in [2.75, 3.05) is 0 Å². The van der Waals surface area contributed by atoms with Gasteiger partial charge in [-0.2, -0.15) is 0 Å². The van der Waals surface area contributed by atoms with Gasteiger partial charge in [0, 0.05) is 54.5 Å². The van der Waals surface area contributed by atoms with E-state index in [4.69, 9.17) is 0 Å². The molecule has 0 unspecified atom stereocenters. The summed E-state index contributed by atoms with van der Waals surface area (Å²) < 4.78 is 2.33. The monoisotopic (exact) mass is 682 g/mol. The second-order valence-electron chi connectivity index (χ2n) is 8.63. The average Bonchev–Trinajstić information content (AvgIpc) is 3.33. The zero-order valence-corrected chi connectivity index (χ0v) is 23.9. The molecule has 0 saturated heterocycles. The fourth-order valence-electron chi connectivity index (χ4n) is 4.61. The third kappa shape index (κ3) is 5.88. The van der Waals surface area contributed by atoms with Gasteiger partial charge in [0.2, 0.25) is 0 Å². The quantitative estimate of drug-likeness (QED) is 0.175. The van der Waals surface area contributed by atoms with Crippen LogP contribution in [0.25, 0.3) is 50.0 Å². The molecule has 0 aliphatic carbocycles. The molecular formula is C35H27IrN3-2. The Kier molecular flexibility index (Phi) is 9.17. The van der Waals surface area contributed by atoms with Crippen molar-refractivity contribution in [3.63, 3.8) is 0 Å². The van der Waals surface area contributed by atoms with Crippen LogP contribution in [0.4, 0.5) is 0 Å². The number of rotatable bonds is 3. The molecule has 4 aromatic carbocycles. The molecule has 0 fully saturated rings. The zero-order valence-electron chi connectivity index (χ0n) is 21.5. The Labute approximate surface area is 243 Å². The average molecular weight is 682 g/mol. The van der Waals surface area contributed by atoms with Gasteiger partial charge in [-0.3, -0.25) is 4.98 Å². The van der Waals surface area contributed by atoms with Crippen LogP contribution in [0, 0.1) is 13.5 Å². The maximum Gasteiger partial charge on any atom is 0.0702 e. The van der Waals surface area contributed by atoms with E-state index in [1.165, 1.54) is 21.8 Å². The van der Waals surface area contributed by atoms with E-state index in [-0.39, 0.29) is 27.5 Å². The molecule has 4 heteroatoms. The van der Waals surface area contributed by atoms with Gasteiger partial charge in [0.05, 0.1) is 16.7 Å². The first kappa shape index (κ1) is 27.7. The van der Waals surface area contributed by atoms with E-state index >= 15 is 0 Å². The van der Waals surface area contributed by atoms with Crippen molar-refractivity contribution in [2.45, 2.75) is 0 Å². The van der Waals surface area contributed by atoms with Crippen molar-refractivity contribution in [1.29, 1.82) is 0 Å². The Hall–Kier alpha value is -4.37. The summed E-state index contributed by atoms with van der Waals surface area (Å²) in [5.74, 6) is 0. The Balaban J connectivity index is 0.000000214. The third-order valence-corrected chi connectivity index (χ3v) is 6.29. The summed E-state index contributed by atoms with van der Waals surface area (Å²) >= 11 is 0. The fourth-order valence-corrected chi connectivity index (χ4v) is 4.61. The molecule has 39 heavy (non-hydrogen) atoms. The maximum atomic E-state index is 4.49. The van der Waals surface area contributed by atoms with Crippen LogP contribution in [0.2, 0.25) is 0 Å². The summed E-state index contributed by atoms with van der Waals surface area (Å²) in [5.41, 5.74) is 7.73. The molecule has 3 heterocycles. The number of hydrogen-bond acceptors (Lipinski definition) is 2. The second-order valence-corrected chi connectivity index (χ2v) is 8.63. The number of fused-ring (bicyclic) bond motifs is 3. The van der Waals surface area contributed by atoms with Crippen LogP contribution in [0.5, 0.6) is 0 Å². The van der Waals surface area contributed by atoms with Crippen LogP contribution in [0.1, 0.15) is 0 Å². The van der Waals surface area contributed by atoms with E-state index in [1.54, 1.807) is 6.20 Å². The topological polar surface area (TPSA) is 30.7 Å². The Morgan fingerprint density at radius 1 is 0.538 bits per heavy atom. The number of nitrogens with zero attached hydrogens (tertiary/aromatic N) is 3. The molecule has 0 spiro atoms. The summed E-state index contributed by atoms with van der Waals surface area (Å²) in [6.45, 7) is 0. The standard InChI is InChI=1S/C23H16N2.C11H8N.CH3.Ir/c1-3-13-22-19(10-1)20-11-2-4-14-23(20)25(22)18-9-7-8-17(16-18)21-12-5-6-15-24-21;1-2-6-10(7-3-1)11-8-4-5-9-12-11;;/h1-16H;1-6,8-9H;1H3;/q;2*-1;. The molecule has 1 radical (unpaired) electrons. The van der Waals surface area contributed by atoms with Crippen molar-refractivity contribution in [3.05, 3.63) is 159 Å². The number of para-hydroxylation sites is 2. The van der Waals surface area contributed by atoms with Gasteiger partial charge in [0.1, 0.15) is 0 Å². The van der Waals surface area contributed by atoms with Gasteiger partial charge >= 0.3 is 0 Å². The number of aromatic nitrogens is 3. The van der Waals surface area contributed by atoms with Crippen LogP contribution in [0.15, 0.2) is 146 Å². The molecule has 193 valence electrons. The summed E-state index contributed by atoms with van der Waals surface area (Å²) in [7, 11) is 0. The Morgan fingerprint density at radius 2 is 1.13 bits per heavy atom. The minimum atomic E-state index is 0. The van der Waals surface area contributed by atoms with Gasteiger partial charge in [-0.05, 0) is 48.2 Å². The minimum absolute atomic E-state index is 0. The Bertz CT molecular complexity index is 1670. The molecular weight excluding hydrogens is 655 g/mol. The SMILES string of the molecule is [CH3-].[Ir].[c-]1ccccc1-c1ccccn1.c1ccc(-c2cccc(-n3c4ccccc4c4ccccc43)c2)nc1. The zero-order chi connectivity index (χ0) is 24.9. The van der Waals surface area contributed by atoms with Crippen molar-refractivity contribution < 1.29 is 20.1 Å². The second kappa shape index (κ2) is 12.9. The minimum Gasteiger partial charge on any atom is -0.358 e. The normalized spacial score (nSPS) is 10.2. The maximum absolute atomic E-state index is 4.49. The van der Waals surface area contributed by atoms with Crippen molar-refractivity contribution in [1.82, 2.24) is 14.5 Å². The van der Waals surface area contributed by atoms with Gasteiger partial charge < -0.3 is 17.0 Å². The number of pyridine rings is 2. The first-order chi connectivity index (χ1) is 18.4. The molecule has 7 rings (SSSR count). The fraction of sp³-hybridized carbons (Fsp3) is 0. The van der Waals surface area contributed by atoms with Crippen LogP contribution >= 0.6 is 0 Å². The third-order valence-electron chi connectivity index (χ3n) is 6.29. The Morgan fingerprint density at radius 3 is 1.72 bits per heavy atom. The first-order valence-corrected chi connectivity index (χ1v) is 12.3. The summed E-state index contributed by atoms with van der Waals surface area (Å²) in [5, 5.41) is 2.56. The first-order valence-electron chi connectivity index (χ1n) is 12.3. The summed E-state index contributed by atoms with van der Waals surface area (Å²) in [6.07, 6.45) is 3.62. The largest absolute Gasteiger partial charge is 0.358 e. The predicted molar refractivity (Wildman–Crippen MR) is 159 cm³/mol. The van der Waals surface area contributed by atoms with Gasteiger partial charge in [-0.1, -0.05) is 66.7 Å². The smallest absolute Gasteiger partial charge is 0.0702 e. The molecule has 3 aromatic heterocycles. The predicted octanol–water partition coefficient (Wildman–Crippen LogP) is 8.84. The van der Waals surface area contributed by atoms with E-state index in [9.17, 15) is 0 Å². The van der Waals surface area contributed by atoms with E-state index in [0.29, 0.717) is 0 Å². The molecule has 0 N–H and O–H groups in total. The number of benzene rings is 4. The van der Waals surface area contributed by atoms with Gasteiger partial charge in [-0.25, -0.2) is 0 Å². The van der Waals surface area contributed by atoms with Gasteiger partial charge in [0.15, 0.2) is 0 Å². The van der Waals surface area contributed by atoms with Crippen molar-refractivity contribution in [3.8, 4) is 28.2 Å². The van der Waals surface area contributed by atoms with Crippen molar-refractivity contribution in [2.24, 2.45) is 0 Å². The molecule has 0 aliphatic rings.